The number of methoxy groups -OCH3 is 2. The SMILES string of the molecule is COc1ccc(-c2csc(N/N=C\c3cc(Cl)c(O)c(OC)c3)n2)cc1. The van der Waals surface area contributed by atoms with E-state index in [1.54, 1.807) is 25.5 Å². The highest BCUT2D eigenvalue weighted by atomic mass is 35.5. The van der Waals surface area contributed by atoms with E-state index in [0.29, 0.717) is 10.7 Å². The Balaban J connectivity index is 1.69. The van der Waals surface area contributed by atoms with E-state index < -0.39 is 0 Å². The summed E-state index contributed by atoms with van der Waals surface area (Å²) >= 11 is 7.40. The maximum atomic E-state index is 9.74. The van der Waals surface area contributed by atoms with Crippen LogP contribution in [0.3, 0.4) is 0 Å². The van der Waals surface area contributed by atoms with Crippen molar-refractivity contribution in [3.05, 3.63) is 52.4 Å². The van der Waals surface area contributed by atoms with E-state index in [9.17, 15) is 5.11 Å². The summed E-state index contributed by atoms with van der Waals surface area (Å²) in [7, 11) is 3.09. The molecule has 6 nitrogen and oxygen atoms in total. The molecule has 134 valence electrons. The topological polar surface area (TPSA) is 76.0 Å². The van der Waals surface area contributed by atoms with Crippen LogP contribution in [0.25, 0.3) is 11.3 Å². The molecule has 0 bridgehead atoms. The van der Waals surface area contributed by atoms with Crippen molar-refractivity contribution in [1.29, 1.82) is 0 Å². The predicted octanol–water partition coefficient (Wildman–Crippen LogP) is 4.63. The van der Waals surface area contributed by atoms with E-state index in [0.717, 1.165) is 17.0 Å². The standard InChI is InChI=1S/C18H16ClN3O3S/c1-24-13-5-3-12(4-6-13)15-10-26-18(21-15)22-20-9-11-7-14(19)17(23)16(8-11)25-2/h3-10,23H,1-2H3,(H,21,22)/b20-9-. The number of halogens is 1. The van der Waals surface area contributed by atoms with Crippen LogP contribution >= 0.6 is 22.9 Å². The molecule has 0 saturated heterocycles. The molecule has 3 rings (SSSR count). The Morgan fingerprint density at radius 1 is 1.19 bits per heavy atom. The summed E-state index contributed by atoms with van der Waals surface area (Å²) in [5.74, 6) is 0.994. The van der Waals surface area contributed by atoms with Gasteiger partial charge in [0, 0.05) is 10.9 Å². The third-order valence-electron chi connectivity index (χ3n) is 3.53. The monoisotopic (exact) mass is 389 g/mol. The lowest BCUT2D eigenvalue weighted by Gasteiger charge is -2.05. The van der Waals surface area contributed by atoms with Crippen LogP contribution in [0.2, 0.25) is 5.02 Å². The Hall–Kier alpha value is -2.77. The summed E-state index contributed by atoms with van der Waals surface area (Å²) in [6.07, 6.45) is 1.57. The van der Waals surface area contributed by atoms with Gasteiger partial charge in [-0.2, -0.15) is 5.10 Å². The molecule has 1 aromatic heterocycles. The van der Waals surface area contributed by atoms with Gasteiger partial charge in [0.25, 0.3) is 0 Å². The number of anilines is 1. The highest BCUT2D eigenvalue weighted by Crippen LogP contribution is 2.34. The predicted molar refractivity (Wildman–Crippen MR) is 105 cm³/mol. The van der Waals surface area contributed by atoms with Crippen LogP contribution in [-0.2, 0) is 0 Å². The fourth-order valence-corrected chi connectivity index (χ4v) is 3.09. The number of phenols is 1. The summed E-state index contributed by atoms with van der Waals surface area (Å²) < 4.78 is 10.2. The van der Waals surface area contributed by atoms with Crippen LogP contribution < -0.4 is 14.9 Å². The van der Waals surface area contributed by atoms with E-state index in [1.165, 1.54) is 18.4 Å². The molecule has 0 fully saturated rings. The molecule has 0 saturated carbocycles. The lowest BCUT2D eigenvalue weighted by molar-refractivity contribution is 0.373. The second-order valence-corrected chi connectivity index (χ2v) is 6.46. The zero-order valence-corrected chi connectivity index (χ0v) is 15.6. The van der Waals surface area contributed by atoms with Crippen molar-refractivity contribution in [1.82, 2.24) is 4.98 Å². The minimum atomic E-state index is -0.0941. The first kappa shape index (κ1) is 18.0. The summed E-state index contributed by atoms with van der Waals surface area (Å²) in [5, 5.41) is 16.7. The van der Waals surface area contributed by atoms with Crippen LogP contribution in [0, 0.1) is 0 Å². The third-order valence-corrected chi connectivity index (χ3v) is 4.57. The number of hydrogen-bond acceptors (Lipinski definition) is 7. The maximum Gasteiger partial charge on any atom is 0.203 e. The zero-order chi connectivity index (χ0) is 18.5. The molecule has 2 aromatic carbocycles. The van der Waals surface area contributed by atoms with Crippen LogP contribution in [-0.4, -0.2) is 30.5 Å². The summed E-state index contributed by atoms with van der Waals surface area (Å²) in [6.45, 7) is 0. The number of nitrogens with one attached hydrogen (secondary N) is 1. The highest BCUT2D eigenvalue weighted by molar-refractivity contribution is 7.14. The number of ether oxygens (including phenoxy) is 2. The normalized spacial score (nSPS) is 10.9. The van der Waals surface area contributed by atoms with Crippen LogP contribution in [0.15, 0.2) is 46.9 Å². The van der Waals surface area contributed by atoms with Crippen LogP contribution in [0.4, 0.5) is 5.13 Å². The van der Waals surface area contributed by atoms with Crippen molar-refractivity contribution >= 4 is 34.3 Å². The molecule has 8 heteroatoms. The highest BCUT2D eigenvalue weighted by Gasteiger charge is 2.08. The smallest absolute Gasteiger partial charge is 0.203 e. The summed E-state index contributed by atoms with van der Waals surface area (Å²) in [5.41, 5.74) is 5.41. The largest absolute Gasteiger partial charge is 0.503 e. The number of hydrazone groups is 1. The average molecular weight is 390 g/mol. The molecular weight excluding hydrogens is 374 g/mol. The molecule has 0 aliphatic rings. The van der Waals surface area contributed by atoms with Crippen LogP contribution in [0.1, 0.15) is 5.56 Å². The van der Waals surface area contributed by atoms with Gasteiger partial charge in [0.1, 0.15) is 5.75 Å². The Kier molecular flexibility index (Phi) is 5.60. The number of benzene rings is 2. The van der Waals surface area contributed by atoms with Crippen molar-refractivity contribution in [2.45, 2.75) is 0 Å². The Morgan fingerprint density at radius 2 is 1.96 bits per heavy atom. The van der Waals surface area contributed by atoms with Gasteiger partial charge in [-0.05, 0) is 42.0 Å². The van der Waals surface area contributed by atoms with Crippen molar-refractivity contribution in [3.63, 3.8) is 0 Å². The first-order valence-corrected chi connectivity index (χ1v) is 8.82. The Labute approximate surface area is 159 Å². The van der Waals surface area contributed by atoms with Crippen molar-refractivity contribution < 1.29 is 14.6 Å². The van der Waals surface area contributed by atoms with Gasteiger partial charge in [0.15, 0.2) is 11.5 Å². The van der Waals surface area contributed by atoms with Crippen molar-refractivity contribution in [2.24, 2.45) is 5.10 Å². The molecule has 26 heavy (non-hydrogen) atoms. The van der Waals surface area contributed by atoms with Gasteiger partial charge < -0.3 is 14.6 Å². The Bertz CT molecular complexity index is 926. The minimum absolute atomic E-state index is 0.0941. The van der Waals surface area contributed by atoms with Gasteiger partial charge in [0.05, 0.1) is 31.2 Å². The molecule has 0 amide bonds. The fourth-order valence-electron chi connectivity index (χ4n) is 2.21. The molecule has 0 radical (unpaired) electrons. The van der Waals surface area contributed by atoms with Gasteiger partial charge in [0.2, 0.25) is 5.13 Å². The van der Waals surface area contributed by atoms with E-state index >= 15 is 0 Å². The van der Waals surface area contributed by atoms with Gasteiger partial charge in [-0.15, -0.1) is 11.3 Å². The number of aromatic hydroxyl groups is 1. The lowest BCUT2D eigenvalue weighted by atomic mass is 10.2. The Morgan fingerprint density at radius 3 is 2.65 bits per heavy atom. The number of thiazole rings is 1. The second-order valence-electron chi connectivity index (χ2n) is 5.19. The molecule has 0 aliphatic carbocycles. The van der Waals surface area contributed by atoms with Gasteiger partial charge in [-0.1, -0.05) is 11.6 Å². The number of aromatic nitrogens is 1. The zero-order valence-electron chi connectivity index (χ0n) is 14.1. The molecule has 0 atom stereocenters. The first-order valence-electron chi connectivity index (χ1n) is 7.56. The first-order chi connectivity index (χ1) is 12.6. The third kappa shape index (κ3) is 4.07. The van der Waals surface area contributed by atoms with Gasteiger partial charge >= 0.3 is 0 Å². The molecule has 1 heterocycles. The minimum Gasteiger partial charge on any atom is -0.503 e. The van der Waals surface area contributed by atoms with E-state index in [-0.39, 0.29) is 16.5 Å². The maximum absolute atomic E-state index is 9.74. The quantitative estimate of drug-likeness (QED) is 0.474. The lowest BCUT2D eigenvalue weighted by Crippen LogP contribution is -1.92. The van der Waals surface area contributed by atoms with E-state index in [1.807, 2.05) is 29.6 Å². The molecule has 2 N–H and O–H groups in total. The molecule has 0 spiro atoms. The average Bonchev–Trinajstić information content (AvgIpc) is 3.13. The van der Waals surface area contributed by atoms with E-state index in [4.69, 9.17) is 21.1 Å². The van der Waals surface area contributed by atoms with Gasteiger partial charge in [-0.3, -0.25) is 5.43 Å². The number of phenolic OH excluding ortho intramolecular Hbond substituents is 1. The van der Waals surface area contributed by atoms with Crippen molar-refractivity contribution in [3.8, 4) is 28.5 Å². The molecular formula is C18H16ClN3O3S. The molecule has 0 unspecified atom stereocenters. The molecule has 0 aliphatic heterocycles. The van der Waals surface area contributed by atoms with Crippen molar-refractivity contribution in [2.75, 3.05) is 19.6 Å². The number of rotatable bonds is 6. The number of nitrogens with zero attached hydrogens (tertiary/aromatic N) is 2. The van der Waals surface area contributed by atoms with E-state index in [2.05, 4.69) is 15.5 Å². The summed E-state index contributed by atoms with van der Waals surface area (Å²) in [4.78, 5) is 4.49. The second kappa shape index (κ2) is 8.07. The fraction of sp³-hybridized carbons (Fsp3) is 0.111. The molecule has 3 aromatic rings. The van der Waals surface area contributed by atoms with Gasteiger partial charge in [-0.25, -0.2) is 4.98 Å². The summed E-state index contributed by atoms with van der Waals surface area (Å²) in [6, 6.07) is 10.9. The van der Waals surface area contributed by atoms with Crippen LogP contribution in [0.5, 0.6) is 17.2 Å². The number of hydrogen-bond donors (Lipinski definition) is 2.